The second-order valence-electron chi connectivity index (χ2n) is 6.65. The van der Waals surface area contributed by atoms with Crippen molar-refractivity contribution in [3.8, 4) is 5.69 Å². The van der Waals surface area contributed by atoms with Gasteiger partial charge in [-0.2, -0.15) is 5.10 Å². The van der Waals surface area contributed by atoms with Crippen LogP contribution in [0.4, 0.5) is 0 Å². The first-order valence-electron chi connectivity index (χ1n) is 8.83. The molecule has 2 aromatic carbocycles. The summed E-state index contributed by atoms with van der Waals surface area (Å²) in [7, 11) is 0. The highest BCUT2D eigenvalue weighted by Crippen LogP contribution is 2.16. The van der Waals surface area contributed by atoms with Gasteiger partial charge in [-0.3, -0.25) is 4.79 Å². The van der Waals surface area contributed by atoms with E-state index < -0.39 is 0 Å². The first kappa shape index (κ1) is 17.9. The minimum Gasteiger partial charge on any atom is -0.350 e. The third-order valence-electron chi connectivity index (χ3n) is 4.57. The predicted octanol–water partition coefficient (Wildman–Crippen LogP) is 3.69. The molecular formula is C21H24N4O. The van der Waals surface area contributed by atoms with E-state index in [1.54, 1.807) is 11.0 Å². The third kappa shape index (κ3) is 4.36. The Balaban J connectivity index is 1.55. The quantitative estimate of drug-likeness (QED) is 0.739. The van der Waals surface area contributed by atoms with Gasteiger partial charge in [0.1, 0.15) is 12.7 Å². The second kappa shape index (κ2) is 7.95. The molecule has 3 rings (SSSR count). The number of hydrogen-bond donors (Lipinski definition) is 1. The SMILES string of the molecule is Cc1ccc(CCC(=O)NC(C)c2ccc(-n3cncn3)cc2)c(C)c1. The van der Waals surface area contributed by atoms with Gasteiger partial charge in [0.15, 0.2) is 0 Å². The van der Waals surface area contributed by atoms with E-state index in [2.05, 4.69) is 47.4 Å². The second-order valence-corrected chi connectivity index (χ2v) is 6.65. The minimum absolute atomic E-state index is 0.0357. The van der Waals surface area contributed by atoms with Crippen molar-refractivity contribution in [3.63, 3.8) is 0 Å². The summed E-state index contributed by atoms with van der Waals surface area (Å²) in [5, 5.41) is 7.19. The average molecular weight is 348 g/mol. The number of amides is 1. The standard InChI is InChI=1S/C21H24N4O/c1-15-4-5-18(16(2)12-15)8-11-21(26)24-17(3)19-6-9-20(10-7-19)25-14-22-13-23-25/h4-7,9-10,12-14,17H,8,11H2,1-3H3,(H,24,26). The fourth-order valence-electron chi connectivity index (χ4n) is 3.03. The van der Waals surface area contributed by atoms with Crippen LogP contribution in [0.2, 0.25) is 0 Å². The van der Waals surface area contributed by atoms with E-state index in [-0.39, 0.29) is 11.9 Å². The van der Waals surface area contributed by atoms with E-state index in [1.165, 1.54) is 23.0 Å². The molecule has 0 aliphatic carbocycles. The summed E-state index contributed by atoms with van der Waals surface area (Å²) in [6.45, 7) is 6.18. The smallest absolute Gasteiger partial charge is 0.220 e. The zero-order chi connectivity index (χ0) is 18.5. The van der Waals surface area contributed by atoms with Gasteiger partial charge < -0.3 is 5.32 Å². The van der Waals surface area contributed by atoms with Gasteiger partial charge in [-0.05, 0) is 56.0 Å². The molecule has 0 saturated heterocycles. The predicted molar refractivity (Wildman–Crippen MR) is 102 cm³/mol. The summed E-state index contributed by atoms with van der Waals surface area (Å²) in [6, 6.07) is 14.3. The van der Waals surface area contributed by atoms with Gasteiger partial charge in [-0.1, -0.05) is 35.9 Å². The Kier molecular flexibility index (Phi) is 5.46. The van der Waals surface area contributed by atoms with Crippen LogP contribution < -0.4 is 5.32 Å². The summed E-state index contributed by atoms with van der Waals surface area (Å²) in [5.41, 5.74) is 5.73. The minimum atomic E-state index is -0.0357. The van der Waals surface area contributed by atoms with Gasteiger partial charge in [0.25, 0.3) is 0 Å². The van der Waals surface area contributed by atoms with Gasteiger partial charge >= 0.3 is 0 Å². The molecule has 1 unspecified atom stereocenters. The number of carbonyl (C=O) groups excluding carboxylic acids is 1. The van der Waals surface area contributed by atoms with E-state index in [1.807, 2.05) is 31.2 Å². The Morgan fingerprint density at radius 2 is 1.92 bits per heavy atom. The number of carbonyl (C=O) groups is 1. The van der Waals surface area contributed by atoms with Gasteiger partial charge in [0, 0.05) is 6.42 Å². The van der Waals surface area contributed by atoms with E-state index in [0.29, 0.717) is 6.42 Å². The van der Waals surface area contributed by atoms with Crippen molar-refractivity contribution < 1.29 is 4.79 Å². The molecule has 134 valence electrons. The van der Waals surface area contributed by atoms with E-state index >= 15 is 0 Å². The fourth-order valence-corrected chi connectivity index (χ4v) is 3.03. The molecule has 1 N–H and O–H groups in total. The van der Waals surface area contributed by atoms with Crippen molar-refractivity contribution in [2.24, 2.45) is 0 Å². The molecule has 1 aromatic heterocycles. The molecule has 1 atom stereocenters. The van der Waals surface area contributed by atoms with E-state index in [9.17, 15) is 4.79 Å². The molecule has 26 heavy (non-hydrogen) atoms. The van der Waals surface area contributed by atoms with Crippen LogP contribution in [0, 0.1) is 13.8 Å². The average Bonchev–Trinajstić information content (AvgIpc) is 3.16. The van der Waals surface area contributed by atoms with Crippen molar-refractivity contribution in [2.75, 3.05) is 0 Å². The Morgan fingerprint density at radius 3 is 2.58 bits per heavy atom. The Labute approximate surface area is 154 Å². The van der Waals surface area contributed by atoms with Gasteiger partial charge in [-0.15, -0.1) is 0 Å². The number of aryl methyl sites for hydroxylation is 3. The van der Waals surface area contributed by atoms with Crippen LogP contribution in [0.25, 0.3) is 5.69 Å². The van der Waals surface area contributed by atoms with Crippen LogP contribution in [0.1, 0.15) is 41.6 Å². The summed E-state index contributed by atoms with van der Waals surface area (Å²) in [5.74, 6) is 0.0674. The zero-order valence-corrected chi connectivity index (χ0v) is 15.4. The number of rotatable bonds is 6. The molecule has 0 saturated carbocycles. The summed E-state index contributed by atoms with van der Waals surface area (Å²) < 4.78 is 1.71. The molecule has 0 spiro atoms. The third-order valence-corrected chi connectivity index (χ3v) is 4.57. The number of aromatic nitrogens is 3. The molecule has 5 heteroatoms. The van der Waals surface area contributed by atoms with Crippen LogP contribution in [0.3, 0.4) is 0 Å². The highest BCUT2D eigenvalue weighted by atomic mass is 16.1. The van der Waals surface area contributed by atoms with E-state index in [4.69, 9.17) is 0 Å². The summed E-state index contributed by atoms with van der Waals surface area (Å²) in [6.07, 6.45) is 4.42. The molecule has 5 nitrogen and oxygen atoms in total. The Morgan fingerprint density at radius 1 is 1.15 bits per heavy atom. The highest BCUT2D eigenvalue weighted by Gasteiger charge is 2.11. The normalized spacial score (nSPS) is 12.0. The van der Waals surface area contributed by atoms with Crippen molar-refractivity contribution in [1.29, 1.82) is 0 Å². The lowest BCUT2D eigenvalue weighted by Gasteiger charge is -2.15. The molecule has 1 amide bonds. The lowest BCUT2D eigenvalue weighted by molar-refractivity contribution is -0.121. The number of benzene rings is 2. The topological polar surface area (TPSA) is 59.8 Å². The molecule has 0 bridgehead atoms. The monoisotopic (exact) mass is 348 g/mol. The lowest BCUT2D eigenvalue weighted by Crippen LogP contribution is -2.26. The molecule has 0 aliphatic heterocycles. The van der Waals surface area contributed by atoms with Crippen molar-refractivity contribution >= 4 is 5.91 Å². The van der Waals surface area contributed by atoms with Crippen molar-refractivity contribution in [3.05, 3.63) is 77.4 Å². The van der Waals surface area contributed by atoms with Crippen LogP contribution >= 0.6 is 0 Å². The maximum Gasteiger partial charge on any atom is 0.220 e. The largest absolute Gasteiger partial charge is 0.350 e. The number of hydrogen-bond acceptors (Lipinski definition) is 3. The molecular weight excluding hydrogens is 324 g/mol. The van der Waals surface area contributed by atoms with Gasteiger partial charge in [-0.25, -0.2) is 9.67 Å². The number of nitrogens with one attached hydrogen (secondary N) is 1. The molecule has 0 fully saturated rings. The van der Waals surface area contributed by atoms with E-state index in [0.717, 1.165) is 17.7 Å². The highest BCUT2D eigenvalue weighted by molar-refractivity contribution is 5.76. The first-order chi connectivity index (χ1) is 12.5. The molecule has 1 heterocycles. The van der Waals surface area contributed by atoms with Gasteiger partial charge in [0.2, 0.25) is 5.91 Å². The van der Waals surface area contributed by atoms with Crippen molar-refractivity contribution in [1.82, 2.24) is 20.1 Å². The van der Waals surface area contributed by atoms with Crippen molar-refractivity contribution in [2.45, 2.75) is 39.7 Å². The van der Waals surface area contributed by atoms with Crippen LogP contribution in [-0.2, 0) is 11.2 Å². The maximum absolute atomic E-state index is 12.3. The van der Waals surface area contributed by atoms with Crippen LogP contribution in [-0.4, -0.2) is 20.7 Å². The Bertz CT molecular complexity index is 870. The zero-order valence-electron chi connectivity index (χ0n) is 15.4. The summed E-state index contributed by atoms with van der Waals surface area (Å²) >= 11 is 0. The summed E-state index contributed by atoms with van der Waals surface area (Å²) in [4.78, 5) is 16.2. The molecule has 0 aliphatic rings. The van der Waals surface area contributed by atoms with Crippen LogP contribution in [0.15, 0.2) is 55.1 Å². The molecule has 3 aromatic rings. The van der Waals surface area contributed by atoms with Crippen LogP contribution in [0.5, 0.6) is 0 Å². The van der Waals surface area contributed by atoms with Gasteiger partial charge in [0.05, 0.1) is 11.7 Å². The Hall–Kier alpha value is -2.95. The lowest BCUT2D eigenvalue weighted by atomic mass is 10.0. The fraction of sp³-hybridized carbons (Fsp3) is 0.286. The number of nitrogens with zero attached hydrogens (tertiary/aromatic N) is 3. The molecule has 0 radical (unpaired) electrons. The first-order valence-corrected chi connectivity index (χ1v) is 8.83. The maximum atomic E-state index is 12.3.